The zero-order valence-corrected chi connectivity index (χ0v) is 13.1. The summed E-state index contributed by atoms with van der Waals surface area (Å²) >= 11 is 5.01. The van der Waals surface area contributed by atoms with Crippen molar-refractivity contribution in [3.05, 3.63) is 33.4 Å². The first-order valence-electron chi connectivity index (χ1n) is 5.74. The van der Waals surface area contributed by atoms with Gasteiger partial charge in [0.2, 0.25) is 0 Å². The van der Waals surface area contributed by atoms with Gasteiger partial charge in [0.15, 0.2) is 0 Å². The number of aromatic nitrogens is 2. The maximum Gasteiger partial charge on any atom is 0.142 e. The monoisotopic (exact) mass is 325 g/mol. The van der Waals surface area contributed by atoms with Crippen molar-refractivity contribution in [3.63, 3.8) is 0 Å². The highest BCUT2D eigenvalue weighted by molar-refractivity contribution is 9.10. The van der Waals surface area contributed by atoms with E-state index in [1.165, 1.54) is 0 Å². The van der Waals surface area contributed by atoms with Crippen LogP contribution in [0.2, 0.25) is 0 Å². The number of nitrogens with zero attached hydrogens (tertiary/aromatic N) is 2. The van der Waals surface area contributed by atoms with Crippen LogP contribution in [0.1, 0.15) is 31.3 Å². The number of thiazole rings is 1. The van der Waals surface area contributed by atoms with Crippen LogP contribution in [0.4, 0.5) is 0 Å². The van der Waals surface area contributed by atoms with Gasteiger partial charge in [0, 0.05) is 27.5 Å². The van der Waals surface area contributed by atoms with Gasteiger partial charge in [-0.05, 0) is 28.1 Å². The molecule has 0 atom stereocenters. The van der Waals surface area contributed by atoms with Gasteiger partial charge in [-0.25, -0.2) is 4.98 Å². The molecule has 0 radical (unpaired) electrons. The molecule has 2 aromatic heterocycles. The Balaban J connectivity index is 2.47. The Hall–Kier alpha value is -0.780. The average Bonchev–Trinajstić information content (AvgIpc) is 2.73. The number of hydrogen-bond acceptors (Lipinski definition) is 4. The first kappa shape index (κ1) is 13.6. The number of nitrogens with two attached hydrogens (primary N) is 1. The van der Waals surface area contributed by atoms with Crippen molar-refractivity contribution in [3.8, 4) is 10.7 Å². The molecule has 0 amide bonds. The number of rotatable bonds is 2. The van der Waals surface area contributed by atoms with E-state index in [0.717, 1.165) is 25.7 Å². The molecule has 2 rings (SSSR count). The summed E-state index contributed by atoms with van der Waals surface area (Å²) in [7, 11) is 0. The standard InChI is InChI=1S/C13H16BrN3S/c1-13(2,3)11-10(6-15)18-12(17-11)9-5-4-8(14)7-16-9/h4-5,7H,6,15H2,1-3H3. The molecule has 0 saturated heterocycles. The van der Waals surface area contributed by atoms with Crippen molar-refractivity contribution in [1.29, 1.82) is 0 Å². The Morgan fingerprint density at radius 1 is 1.33 bits per heavy atom. The van der Waals surface area contributed by atoms with E-state index in [4.69, 9.17) is 10.7 Å². The first-order chi connectivity index (χ1) is 8.41. The van der Waals surface area contributed by atoms with Crippen LogP contribution < -0.4 is 5.73 Å². The van der Waals surface area contributed by atoms with Gasteiger partial charge in [0.25, 0.3) is 0 Å². The summed E-state index contributed by atoms with van der Waals surface area (Å²) in [4.78, 5) is 10.2. The van der Waals surface area contributed by atoms with Gasteiger partial charge in [-0.3, -0.25) is 4.98 Å². The molecular formula is C13H16BrN3S. The molecule has 0 aliphatic carbocycles. The van der Waals surface area contributed by atoms with Crippen molar-refractivity contribution >= 4 is 27.3 Å². The van der Waals surface area contributed by atoms with E-state index in [2.05, 4.69) is 41.7 Å². The highest BCUT2D eigenvalue weighted by Gasteiger charge is 2.23. The Labute approximate surface area is 120 Å². The number of hydrogen-bond donors (Lipinski definition) is 1. The second-order valence-corrected chi connectivity index (χ2v) is 7.11. The van der Waals surface area contributed by atoms with E-state index < -0.39 is 0 Å². The third kappa shape index (κ3) is 2.79. The summed E-state index contributed by atoms with van der Waals surface area (Å²) in [5.41, 5.74) is 7.79. The minimum atomic E-state index is 0.0127. The second-order valence-electron chi connectivity index (χ2n) is 5.11. The van der Waals surface area contributed by atoms with Crippen LogP contribution in [-0.4, -0.2) is 9.97 Å². The average molecular weight is 326 g/mol. The molecule has 2 heterocycles. The maximum absolute atomic E-state index is 5.81. The number of pyridine rings is 1. The topological polar surface area (TPSA) is 51.8 Å². The fraction of sp³-hybridized carbons (Fsp3) is 0.385. The predicted octanol–water partition coefficient (Wildman–Crippen LogP) is 3.72. The molecule has 0 aliphatic rings. The lowest BCUT2D eigenvalue weighted by molar-refractivity contribution is 0.567. The Bertz CT molecular complexity index is 540. The SMILES string of the molecule is CC(C)(C)c1nc(-c2ccc(Br)cn2)sc1CN. The Kier molecular flexibility index (Phi) is 3.84. The molecule has 2 aromatic rings. The van der Waals surface area contributed by atoms with Crippen LogP contribution in [0.15, 0.2) is 22.8 Å². The molecule has 96 valence electrons. The first-order valence-corrected chi connectivity index (χ1v) is 7.35. The summed E-state index contributed by atoms with van der Waals surface area (Å²) in [5.74, 6) is 0. The van der Waals surface area contributed by atoms with E-state index >= 15 is 0 Å². The summed E-state index contributed by atoms with van der Waals surface area (Å²) < 4.78 is 0.970. The molecule has 0 fully saturated rings. The minimum absolute atomic E-state index is 0.0127. The van der Waals surface area contributed by atoms with Crippen molar-refractivity contribution in [2.45, 2.75) is 32.7 Å². The van der Waals surface area contributed by atoms with Crippen molar-refractivity contribution in [2.24, 2.45) is 5.73 Å². The van der Waals surface area contributed by atoms with Gasteiger partial charge in [0.05, 0.1) is 11.4 Å². The van der Waals surface area contributed by atoms with E-state index in [1.54, 1.807) is 17.5 Å². The van der Waals surface area contributed by atoms with Crippen molar-refractivity contribution in [1.82, 2.24) is 9.97 Å². The van der Waals surface area contributed by atoms with E-state index in [9.17, 15) is 0 Å². The second kappa shape index (κ2) is 5.07. The molecule has 18 heavy (non-hydrogen) atoms. The minimum Gasteiger partial charge on any atom is -0.326 e. The lowest BCUT2D eigenvalue weighted by Crippen LogP contribution is -2.15. The number of halogens is 1. The third-order valence-electron chi connectivity index (χ3n) is 2.54. The van der Waals surface area contributed by atoms with E-state index in [-0.39, 0.29) is 5.41 Å². The molecule has 0 bridgehead atoms. The smallest absolute Gasteiger partial charge is 0.142 e. The molecule has 0 aromatic carbocycles. The highest BCUT2D eigenvalue weighted by Crippen LogP contribution is 2.33. The lowest BCUT2D eigenvalue weighted by atomic mass is 9.91. The summed E-state index contributed by atoms with van der Waals surface area (Å²) in [6.07, 6.45) is 1.79. The van der Waals surface area contributed by atoms with Gasteiger partial charge in [-0.1, -0.05) is 20.8 Å². The predicted molar refractivity (Wildman–Crippen MR) is 79.6 cm³/mol. The van der Waals surface area contributed by atoms with E-state index in [0.29, 0.717) is 6.54 Å². The Morgan fingerprint density at radius 2 is 2.06 bits per heavy atom. The fourth-order valence-electron chi connectivity index (χ4n) is 1.69. The molecule has 0 spiro atoms. The van der Waals surface area contributed by atoms with Crippen LogP contribution in [0.5, 0.6) is 0 Å². The van der Waals surface area contributed by atoms with Gasteiger partial charge < -0.3 is 5.73 Å². The van der Waals surface area contributed by atoms with Crippen molar-refractivity contribution in [2.75, 3.05) is 0 Å². The molecule has 0 saturated carbocycles. The van der Waals surface area contributed by atoms with Gasteiger partial charge in [-0.15, -0.1) is 11.3 Å². The molecule has 3 nitrogen and oxygen atoms in total. The van der Waals surface area contributed by atoms with Crippen LogP contribution >= 0.6 is 27.3 Å². The van der Waals surface area contributed by atoms with Crippen molar-refractivity contribution < 1.29 is 0 Å². The molecule has 2 N–H and O–H groups in total. The molecule has 0 unspecified atom stereocenters. The zero-order valence-electron chi connectivity index (χ0n) is 10.7. The van der Waals surface area contributed by atoms with Crippen LogP contribution in [0.25, 0.3) is 10.7 Å². The molecule has 5 heteroatoms. The normalized spacial score (nSPS) is 11.8. The summed E-state index contributed by atoms with van der Waals surface area (Å²) in [6.45, 7) is 6.99. The zero-order chi connectivity index (χ0) is 13.3. The summed E-state index contributed by atoms with van der Waals surface area (Å²) in [5, 5.41) is 0.938. The van der Waals surface area contributed by atoms with Crippen LogP contribution in [0, 0.1) is 0 Å². The Morgan fingerprint density at radius 3 is 2.50 bits per heavy atom. The fourth-order valence-corrected chi connectivity index (χ4v) is 3.05. The molecular weight excluding hydrogens is 310 g/mol. The van der Waals surface area contributed by atoms with Gasteiger partial charge in [0.1, 0.15) is 5.01 Å². The lowest BCUT2D eigenvalue weighted by Gasteiger charge is -2.16. The largest absolute Gasteiger partial charge is 0.326 e. The third-order valence-corrected chi connectivity index (χ3v) is 4.11. The quantitative estimate of drug-likeness (QED) is 0.915. The van der Waals surface area contributed by atoms with Gasteiger partial charge in [-0.2, -0.15) is 0 Å². The van der Waals surface area contributed by atoms with E-state index in [1.807, 2.05) is 12.1 Å². The van der Waals surface area contributed by atoms with Crippen LogP contribution in [-0.2, 0) is 12.0 Å². The maximum atomic E-state index is 5.81. The molecule has 0 aliphatic heterocycles. The van der Waals surface area contributed by atoms with Crippen LogP contribution in [0.3, 0.4) is 0 Å². The highest BCUT2D eigenvalue weighted by atomic mass is 79.9. The van der Waals surface area contributed by atoms with Gasteiger partial charge >= 0.3 is 0 Å². The summed E-state index contributed by atoms with van der Waals surface area (Å²) in [6, 6.07) is 3.94.